The maximum absolute atomic E-state index is 12.8. The average molecular weight is 455 g/mol. The van der Waals surface area contributed by atoms with Gasteiger partial charge in [-0.1, -0.05) is 24.3 Å². The molecule has 0 aliphatic rings. The molecule has 0 aromatic heterocycles. The third-order valence-electron chi connectivity index (χ3n) is 4.63. The zero-order chi connectivity index (χ0) is 23.8. The summed E-state index contributed by atoms with van der Waals surface area (Å²) in [6.45, 7) is -2.74. The Labute approximate surface area is 189 Å². The van der Waals surface area contributed by atoms with Crippen molar-refractivity contribution >= 4 is 23.3 Å². The minimum absolute atomic E-state index is 0.0791. The Hall–Kier alpha value is -4.14. The highest BCUT2D eigenvalue weighted by atomic mass is 19.3. The molecule has 3 rings (SSSR count). The molecule has 3 aromatic carbocycles. The lowest BCUT2D eigenvalue weighted by molar-refractivity contribution is -0.0512. The maximum atomic E-state index is 12.8. The Morgan fingerprint density at radius 2 is 1.55 bits per heavy atom. The highest BCUT2D eigenvalue weighted by molar-refractivity contribution is 6.00. The number of para-hydroxylation sites is 1. The summed E-state index contributed by atoms with van der Waals surface area (Å²) in [6.07, 6.45) is 0. The first-order valence-corrected chi connectivity index (χ1v) is 9.96. The highest BCUT2D eigenvalue weighted by Crippen LogP contribution is 2.30. The second-order valence-corrected chi connectivity index (χ2v) is 7.05. The quantitative estimate of drug-likeness (QED) is 0.489. The molecule has 0 fully saturated rings. The molecule has 0 aliphatic carbocycles. The molecule has 2 N–H and O–H groups in total. The summed E-state index contributed by atoms with van der Waals surface area (Å²) in [5.41, 5.74) is 2.30. The Bertz CT molecular complexity index is 1090. The van der Waals surface area contributed by atoms with E-state index in [0.29, 0.717) is 22.5 Å². The third-order valence-corrected chi connectivity index (χ3v) is 4.63. The molecule has 0 saturated heterocycles. The zero-order valence-electron chi connectivity index (χ0n) is 18.0. The monoisotopic (exact) mass is 455 g/mol. The lowest BCUT2D eigenvalue weighted by atomic mass is 10.1. The van der Waals surface area contributed by atoms with Crippen LogP contribution in [0.2, 0.25) is 0 Å². The number of nitrogens with zero attached hydrogens (tertiary/aromatic N) is 1. The predicted octanol–water partition coefficient (Wildman–Crippen LogP) is 5.21. The average Bonchev–Trinajstić information content (AvgIpc) is 2.80. The van der Waals surface area contributed by atoms with Crippen molar-refractivity contribution in [3.05, 3.63) is 83.9 Å². The van der Waals surface area contributed by atoms with E-state index in [1.807, 2.05) is 18.2 Å². The molecule has 0 heterocycles. The van der Waals surface area contributed by atoms with Crippen molar-refractivity contribution < 1.29 is 27.8 Å². The summed E-state index contributed by atoms with van der Waals surface area (Å²) >= 11 is 0. The largest absolute Gasteiger partial charge is 0.493 e. The van der Waals surface area contributed by atoms with Gasteiger partial charge in [-0.2, -0.15) is 8.78 Å². The molecule has 172 valence electrons. The molecule has 3 amide bonds. The lowest BCUT2D eigenvalue weighted by Gasteiger charge is -2.19. The van der Waals surface area contributed by atoms with Gasteiger partial charge in [0, 0.05) is 30.5 Å². The SMILES string of the molecule is COc1cc(CN(C)C(=O)c2ccc(NC(=O)Nc3ccccc3)cc2)ccc1OC(F)F. The van der Waals surface area contributed by atoms with Gasteiger partial charge in [0.15, 0.2) is 11.5 Å². The first-order valence-electron chi connectivity index (χ1n) is 9.96. The molecule has 9 heteroatoms. The van der Waals surface area contributed by atoms with E-state index in [1.165, 1.54) is 18.1 Å². The van der Waals surface area contributed by atoms with Gasteiger partial charge >= 0.3 is 12.6 Å². The molecular weight excluding hydrogens is 432 g/mol. The Morgan fingerprint density at radius 1 is 0.909 bits per heavy atom. The van der Waals surface area contributed by atoms with Crippen LogP contribution in [-0.2, 0) is 6.54 Å². The van der Waals surface area contributed by atoms with Crippen molar-refractivity contribution in [1.29, 1.82) is 0 Å². The second-order valence-electron chi connectivity index (χ2n) is 7.05. The first-order chi connectivity index (χ1) is 15.9. The minimum Gasteiger partial charge on any atom is -0.493 e. The highest BCUT2D eigenvalue weighted by Gasteiger charge is 2.15. The molecule has 0 aliphatic heterocycles. The topological polar surface area (TPSA) is 79.9 Å². The van der Waals surface area contributed by atoms with Gasteiger partial charge in [-0.3, -0.25) is 4.79 Å². The number of urea groups is 1. The van der Waals surface area contributed by atoms with Crippen molar-refractivity contribution in [2.75, 3.05) is 24.8 Å². The van der Waals surface area contributed by atoms with Crippen LogP contribution in [0.1, 0.15) is 15.9 Å². The van der Waals surface area contributed by atoms with Crippen molar-refractivity contribution in [3.8, 4) is 11.5 Å². The fourth-order valence-electron chi connectivity index (χ4n) is 3.08. The van der Waals surface area contributed by atoms with Gasteiger partial charge in [0.05, 0.1) is 7.11 Å². The summed E-state index contributed by atoms with van der Waals surface area (Å²) < 4.78 is 34.5. The fourth-order valence-corrected chi connectivity index (χ4v) is 3.08. The normalized spacial score (nSPS) is 10.5. The molecule has 0 spiro atoms. The van der Waals surface area contributed by atoms with Gasteiger partial charge in [-0.25, -0.2) is 4.79 Å². The number of hydrogen-bond acceptors (Lipinski definition) is 4. The van der Waals surface area contributed by atoms with E-state index in [1.54, 1.807) is 55.6 Å². The van der Waals surface area contributed by atoms with E-state index in [2.05, 4.69) is 15.4 Å². The Balaban J connectivity index is 1.59. The van der Waals surface area contributed by atoms with Crippen LogP contribution < -0.4 is 20.1 Å². The molecule has 0 saturated carbocycles. The standard InChI is InChI=1S/C24H23F2N3O4/c1-29(15-16-8-13-20(33-23(25)26)21(14-16)32-2)22(30)17-9-11-19(12-10-17)28-24(31)27-18-6-4-3-5-7-18/h3-14,23H,15H2,1-2H3,(H2,27,28,31). The summed E-state index contributed by atoms with van der Waals surface area (Å²) in [5, 5.41) is 5.41. The molecule has 3 aromatic rings. The summed E-state index contributed by atoms with van der Waals surface area (Å²) in [7, 11) is 2.97. The van der Waals surface area contributed by atoms with Gasteiger partial charge in [-0.05, 0) is 54.1 Å². The Kier molecular flexibility index (Phi) is 7.80. The van der Waals surface area contributed by atoms with Gasteiger partial charge in [-0.15, -0.1) is 0 Å². The van der Waals surface area contributed by atoms with Crippen LogP contribution in [0.5, 0.6) is 11.5 Å². The number of alkyl halides is 2. The molecule has 0 radical (unpaired) electrons. The van der Waals surface area contributed by atoms with Gasteiger partial charge in [0.25, 0.3) is 5.91 Å². The lowest BCUT2D eigenvalue weighted by Crippen LogP contribution is -2.26. The Morgan fingerprint density at radius 3 is 2.15 bits per heavy atom. The fraction of sp³-hybridized carbons (Fsp3) is 0.167. The number of rotatable bonds is 8. The van der Waals surface area contributed by atoms with Crippen LogP contribution >= 0.6 is 0 Å². The number of ether oxygens (including phenoxy) is 2. The van der Waals surface area contributed by atoms with E-state index < -0.39 is 12.6 Å². The number of nitrogens with one attached hydrogen (secondary N) is 2. The van der Waals surface area contributed by atoms with E-state index in [0.717, 1.165) is 0 Å². The molecule has 7 nitrogen and oxygen atoms in total. The van der Waals surface area contributed by atoms with Gasteiger partial charge in [0.2, 0.25) is 0 Å². The smallest absolute Gasteiger partial charge is 0.387 e. The first kappa shape index (κ1) is 23.5. The van der Waals surface area contributed by atoms with E-state index in [4.69, 9.17) is 4.74 Å². The van der Waals surface area contributed by atoms with E-state index >= 15 is 0 Å². The molecule has 0 bridgehead atoms. The van der Waals surface area contributed by atoms with E-state index in [9.17, 15) is 18.4 Å². The number of anilines is 2. The molecule has 33 heavy (non-hydrogen) atoms. The predicted molar refractivity (Wildman–Crippen MR) is 121 cm³/mol. The number of hydrogen-bond donors (Lipinski definition) is 2. The number of benzene rings is 3. The van der Waals surface area contributed by atoms with Crippen LogP contribution in [0.25, 0.3) is 0 Å². The molecular formula is C24H23F2N3O4. The zero-order valence-corrected chi connectivity index (χ0v) is 18.0. The van der Waals surface area contributed by atoms with Crippen molar-refractivity contribution in [3.63, 3.8) is 0 Å². The van der Waals surface area contributed by atoms with Gasteiger partial charge in [0.1, 0.15) is 0 Å². The number of halogens is 2. The summed E-state index contributed by atoms with van der Waals surface area (Å²) in [4.78, 5) is 26.3. The van der Waals surface area contributed by atoms with Crippen molar-refractivity contribution in [2.24, 2.45) is 0 Å². The van der Waals surface area contributed by atoms with Crippen LogP contribution in [0.15, 0.2) is 72.8 Å². The summed E-state index contributed by atoms with van der Waals surface area (Å²) in [5.74, 6) is -0.176. The molecule has 0 unspecified atom stereocenters. The van der Waals surface area contributed by atoms with Crippen molar-refractivity contribution in [1.82, 2.24) is 4.90 Å². The third kappa shape index (κ3) is 6.67. The van der Waals surface area contributed by atoms with E-state index in [-0.39, 0.29) is 24.0 Å². The number of methoxy groups -OCH3 is 1. The maximum Gasteiger partial charge on any atom is 0.387 e. The van der Waals surface area contributed by atoms with Crippen molar-refractivity contribution in [2.45, 2.75) is 13.2 Å². The minimum atomic E-state index is -2.96. The van der Waals surface area contributed by atoms with Crippen LogP contribution in [-0.4, -0.2) is 37.6 Å². The number of amides is 3. The second kappa shape index (κ2) is 10.9. The van der Waals surface area contributed by atoms with Gasteiger partial charge < -0.3 is 25.0 Å². The van der Waals surface area contributed by atoms with Crippen LogP contribution in [0.4, 0.5) is 25.0 Å². The number of carbonyl (C=O) groups is 2. The molecule has 0 atom stereocenters. The van der Waals surface area contributed by atoms with Crippen LogP contribution in [0, 0.1) is 0 Å². The van der Waals surface area contributed by atoms with Crippen LogP contribution in [0.3, 0.4) is 0 Å². The number of carbonyl (C=O) groups excluding carboxylic acids is 2. The summed E-state index contributed by atoms with van der Waals surface area (Å²) in [6, 6.07) is 19.6.